The van der Waals surface area contributed by atoms with Gasteiger partial charge in [0.1, 0.15) is 0 Å². The minimum absolute atomic E-state index is 0.160. The summed E-state index contributed by atoms with van der Waals surface area (Å²) in [6, 6.07) is 2.25. The van der Waals surface area contributed by atoms with Crippen LogP contribution in [-0.2, 0) is 11.2 Å². The molecule has 0 aliphatic heterocycles. The van der Waals surface area contributed by atoms with Gasteiger partial charge in [-0.15, -0.1) is 0 Å². The van der Waals surface area contributed by atoms with Gasteiger partial charge in [-0.2, -0.15) is 5.10 Å². The summed E-state index contributed by atoms with van der Waals surface area (Å²) < 4.78 is 31.7. The first-order chi connectivity index (χ1) is 10.3. The van der Waals surface area contributed by atoms with E-state index in [1.54, 1.807) is 14.0 Å². The Bertz CT molecular complexity index is 652. The Balaban J connectivity index is 3.24. The summed E-state index contributed by atoms with van der Waals surface area (Å²) in [6.07, 6.45) is 0.160. The fraction of sp³-hybridized carbons (Fsp3) is 0.250. The number of nitrogens with one attached hydrogen (secondary N) is 1. The number of rotatable bonds is 6. The molecule has 0 saturated heterocycles. The summed E-state index contributed by atoms with van der Waals surface area (Å²) >= 11 is 0. The van der Waals surface area contributed by atoms with E-state index < -0.39 is 23.2 Å². The molecule has 0 heterocycles. The molecular weight excluding hydrogens is 290 g/mol. The van der Waals surface area contributed by atoms with Gasteiger partial charge in [0, 0.05) is 13.5 Å². The molecule has 118 valence electrons. The lowest BCUT2D eigenvalue weighted by Crippen LogP contribution is -2.14. The van der Waals surface area contributed by atoms with Gasteiger partial charge in [0.25, 0.3) is 0 Å². The van der Waals surface area contributed by atoms with Gasteiger partial charge in [0.2, 0.25) is 0 Å². The van der Waals surface area contributed by atoms with E-state index in [9.17, 15) is 13.6 Å². The van der Waals surface area contributed by atoms with Crippen molar-refractivity contribution in [2.45, 2.75) is 13.3 Å². The van der Waals surface area contributed by atoms with Crippen molar-refractivity contribution >= 4 is 11.7 Å². The number of allylic oxidation sites excluding steroid dienone is 2. The predicted octanol–water partition coefficient (Wildman–Crippen LogP) is 3.00. The van der Waals surface area contributed by atoms with Crippen molar-refractivity contribution in [3.05, 3.63) is 59.2 Å². The smallest absolute Gasteiger partial charge is 0.340 e. The summed E-state index contributed by atoms with van der Waals surface area (Å²) in [5.41, 5.74) is 4.33. The average Bonchev–Trinajstić information content (AvgIpc) is 2.48. The Labute approximate surface area is 128 Å². The molecule has 1 rings (SSSR count). The topological polar surface area (TPSA) is 50.7 Å². The minimum atomic E-state index is -1.23. The van der Waals surface area contributed by atoms with Crippen molar-refractivity contribution in [3.63, 3.8) is 0 Å². The monoisotopic (exact) mass is 308 g/mol. The lowest BCUT2D eigenvalue weighted by molar-refractivity contribution is 0.0594. The number of hydrazone groups is 1. The second kappa shape index (κ2) is 7.49. The van der Waals surface area contributed by atoms with E-state index in [1.807, 2.05) is 0 Å². The number of benzene rings is 1. The van der Waals surface area contributed by atoms with Gasteiger partial charge >= 0.3 is 5.97 Å². The van der Waals surface area contributed by atoms with E-state index in [2.05, 4.69) is 28.4 Å². The van der Waals surface area contributed by atoms with Crippen molar-refractivity contribution in [3.8, 4) is 0 Å². The van der Waals surface area contributed by atoms with Gasteiger partial charge in [0.05, 0.1) is 18.4 Å². The third kappa shape index (κ3) is 4.00. The molecular formula is C16H18F2N2O2. The molecule has 0 aliphatic carbocycles. The SMILES string of the molecule is C=C(C)C(=C)/C(Cc1cc(F)c(F)c(C(=O)OC)c1)=N\NC. The maximum Gasteiger partial charge on any atom is 0.340 e. The van der Waals surface area contributed by atoms with Gasteiger partial charge in [-0.05, 0) is 35.8 Å². The first-order valence-corrected chi connectivity index (χ1v) is 6.46. The molecule has 0 unspecified atom stereocenters. The minimum Gasteiger partial charge on any atom is -0.465 e. The number of esters is 1. The summed E-state index contributed by atoms with van der Waals surface area (Å²) in [7, 11) is 2.71. The Hall–Kier alpha value is -2.50. The van der Waals surface area contributed by atoms with Crippen LogP contribution in [0.3, 0.4) is 0 Å². The fourth-order valence-corrected chi connectivity index (χ4v) is 1.79. The Morgan fingerprint density at radius 1 is 1.36 bits per heavy atom. The molecule has 0 radical (unpaired) electrons. The lowest BCUT2D eigenvalue weighted by atomic mass is 9.98. The van der Waals surface area contributed by atoms with Crippen LogP contribution in [-0.4, -0.2) is 25.8 Å². The van der Waals surface area contributed by atoms with Crippen LogP contribution in [0.4, 0.5) is 8.78 Å². The second-order valence-corrected chi connectivity index (χ2v) is 4.65. The number of carbonyl (C=O) groups is 1. The van der Waals surface area contributed by atoms with Crippen LogP contribution in [0.2, 0.25) is 0 Å². The number of hydrogen-bond donors (Lipinski definition) is 1. The number of ether oxygens (including phenoxy) is 1. The van der Waals surface area contributed by atoms with Crippen molar-refractivity contribution in [2.75, 3.05) is 14.2 Å². The van der Waals surface area contributed by atoms with Gasteiger partial charge < -0.3 is 10.2 Å². The van der Waals surface area contributed by atoms with Crippen LogP contribution in [0.5, 0.6) is 0 Å². The van der Waals surface area contributed by atoms with E-state index >= 15 is 0 Å². The van der Waals surface area contributed by atoms with Crippen LogP contribution in [0, 0.1) is 11.6 Å². The van der Waals surface area contributed by atoms with Crippen molar-refractivity contribution < 1.29 is 18.3 Å². The zero-order chi connectivity index (χ0) is 16.9. The summed E-state index contributed by atoms with van der Waals surface area (Å²) in [6.45, 7) is 9.39. The number of halogens is 2. The maximum atomic E-state index is 13.7. The molecule has 6 heteroatoms. The van der Waals surface area contributed by atoms with Crippen molar-refractivity contribution in [1.82, 2.24) is 5.43 Å². The summed E-state index contributed by atoms with van der Waals surface area (Å²) in [4.78, 5) is 11.5. The van der Waals surface area contributed by atoms with Crippen LogP contribution >= 0.6 is 0 Å². The van der Waals surface area contributed by atoms with Gasteiger partial charge in [-0.3, -0.25) is 0 Å². The Kier molecular flexibility index (Phi) is 5.98. The molecule has 0 atom stereocenters. The normalized spacial score (nSPS) is 11.0. The summed E-state index contributed by atoms with van der Waals surface area (Å²) in [5.74, 6) is -3.30. The van der Waals surface area contributed by atoms with E-state index in [0.29, 0.717) is 22.4 Å². The van der Waals surface area contributed by atoms with E-state index in [1.165, 1.54) is 6.07 Å². The van der Waals surface area contributed by atoms with E-state index in [4.69, 9.17) is 0 Å². The molecule has 1 aromatic carbocycles. The zero-order valence-electron chi connectivity index (χ0n) is 12.8. The molecule has 0 bridgehead atoms. The lowest BCUT2D eigenvalue weighted by Gasteiger charge is -2.11. The third-order valence-electron chi connectivity index (χ3n) is 2.98. The first-order valence-electron chi connectivity index (χ1n) is 6.46. The van der Waals surface area contributed by atoms with Gasteiger partial charge in [0.15, 0.2) is 11.6 Å². The molecule has 0 aliphatic rings. The fourth-order valence-electron chi connectivity index (χ4n) is 1.79. The second-order valence-electron chi connectivity index (χ2n) is 4.65. The molecule has 0 spiro atoms. The number of nitrogens with zero attached hydrogens (tertiary/aromatic N) is 1. The number of carbonyl (C=O) groups excluding carboxylic acids is 1. The van der Waals surface area contributed by atoms with Crippen LogP contribution in [0.25, 0.3) is 0 Å². The van der Waals surface area contributed by atoms with E-state index in [0.717, 1.165) is 13.2 Å². The van der Waals surface area contributed by atoms with E-state index in [-0.39, 0.29) is 6.42 Å². The zero-order valence-corrected chi connectivity index (χ0v) is 12.8. The van der Waals surface area contributed by atoms with Crippen molar-refractivity contribution in [2.24, 2.45) is 5.10 Å². The number of hydrogen-bond acceptors (Lipinski definition) is 4. The molecule has 1 N–H and O–H groups in total. The Morgan fingerprint density at radius 2 is 2.00 bits per heavy atom. The molecule has 0 aromatic heterocycles. The number of methoxy groups -OCH3 is 1. The quantitative estimate of drug-likeness (QED) is 0.380. The first kappa shape index (κ1) is 17.6. The highest BCUT2D eigenvalue weighted by atomic mass is 19.2. The third-order valence-corrected chi connectivity index (χ3v) is 2.98. The highest BCUT2D eigenvalue weighted by Crippen LogP contribution is 2.19. The van der Waals surface area contributed by atoms with Crippen molar-refractivity contribution in [1.29, 1.82) is 0 Å². The highest BCUT2D eigenvalue weighted by molar-refractivity contribution is 6.04. The molecule has 4 nitrogen and oxygen atoms in total. The van der Waals surface area contributed by atoms with Crippen LogP contribution < -0.4 is 5.43 Å². The molecule has 0 saturated carbocycles. The summed E-state index contributed by atoms with van der Waals surface area (Å²) in [5, 5.41) is 4.06. The highest BCUT2D eigenvalue weighted by Gasteiger charge is 2.19. The van der Waals surface area contributed by atoms with Gasteiger partial charge in [-0.1, -0.05) is 13.2 Å². The molecule has 1 aromatic rings. The standard InChI is InChI=1S/C16H18F2N2O2/c1-9(2)10(3)14(20-19-4)8-11-6-12(16(21)22-5)15(18)13(17)7-11/h6-7,19H,1,3,8H2,2,4-5H3/b20-14-. The van der Waals surface area contributed by atoms with Crippen LogP contribution in [0.1, 0.15) is 22.8 Å². The largest absolute Gasteiger partial charge is 0.465 e. The maximum absolute atomic E-state index is 13.7. The molecule has 0 amide bonds. The predicted molar refractivity (Wildman–Crippen MR) is 81.9 cm³/mol. The molecule has 22 heavy (non-hydrogen) atoms. The molecule has 0 fully saturated rings. The van der Waals surface area contributed by atoms with Gasteiger partial charge in [-0.25, -0.2) is 13.6 Å². The Morgan fingerprint density at radius 3 is 2.50 bits per heavy atom. The average molecular weight is 308 g/mol. The van der Waals surface area contributed by atoms with Crippen LogP contribution in [0.15, 0.2) is 41.5 Å².